The number of sulfone groups is 1. The number of nitrogens with one attached hydrogen (secondary N) is 1. The number of Topliss-reactive ketones (excluding diaryl/α,β-unsaturated/α-hetero) is 1. The number of ketones is 1. The summed E-state index contributed by atoms with van der Waals surface area (Å²) >= 11 is 1.54. The highest BCUT2D eigenvalue weighted by Gasteiger charge is 2.26. The van der Waals surface area contributed by atoms with Crippen molar-refractivity contribution in [2.75, 3.05) is 18.1 Å². The monoisotopic (exact) mass is 273 g/mol. The Morgan fingerprint density at radius 2 is 2.35 bits per heavy atom. The molecule has 2 rings (SSSR count). The Balaban J connectivity index is 2.02. The van der Waals surface area contributed by atoms with Gasteiger partial charge in [-0.15, -0.1) is 11.3 Å². The molecule has 1 N–H and O–H groups in total. The van der Waals surface area contributed by atoms with Crippen molar-refractivity contribution in [2.24, 2.45) is 0 Å². The second-order valence-electron chi connectivity index (χ2n) is 4.28. The molecular weight excluding hydrogens is 258 g/mol. The second-order valence-corrected chi connectivity index (χ2v) is 7.63. The van der Waals surface area contributed by atoms with Crippen molar-refractivity contribution in [1.82, 2.24) is 5.32 Å². The van der Waals surface area contributed by atoms with E-state index in [1.165, 1.54) is 11.3 Å². The summed E-state index contributed by atoms with van der Waals surface area (Å²) in [5, 5.41) is 4.97. The molecule has 4 nitrogen and oxygen atoms in total. The van der Waals surface area contributed by atoms with Crippen LogP contribution in [0.3, 0.4) is 0 Å². The molecule has 0 bridgehead atoms. The molecule has 1 aliphatic rings. The maximum absolute atomic E-state index is 12.0. The van der Waals surface area contributed by atoms with Crippen molar-refractivity contribution in [3.05, 3.63) is 21.9 Å². The van der Waals surface area contributed by atoms with E-state index < -0.39 is 9.84 Å². The van der Waals surface area contributed by atoms with Crippen LogP contribution < -0.4 is 5.32 Å². The van der Waals surface area contributed by atoms with E-state index in [2.05, 4.69) is 5.32 Å². The third-order valence-corrected chi connectivity index (χ3v) is 5.47. The van der Waals surface area contributed by atoms with Crippen LogP contribution in [0.2, 0.25) is 0 Å². The zero-order valence-corrected chi connectivity index (χ0v) is 11.2. The van der Waals surface area contributed by atoms with Crippen molar-refractivity contribution in [1.29, 1.82) is 0 Å². The van der Waals surface area contributed by atoms with Gasteiger partial charge in [-0.3, -0.25) is 4.79 Å². The lowest BCUT2D eigenvalue weighted by Crippen LogP contribution is -2.46. The first-order chi connectivity index (χ1) is 7.98. The highest BCUT2D eigenvalue weighted by atomic mass is 32.2. The van der Waals surface area contributed by atoms with Crippen LogP contribution in [-0.2, 0) is 9.84 Å². The van der Waals surface area contributed by atoms with Gasteiger partial charge in [0, 0.05) is 29.4 Å². The number of aryl methyl sites for hydroxylation is 1. The second kappa shape index (κ2) is 4.88. The number of thiophene rings is 1. The normalized spacial score (nSPS) is 23.5. The Kier molecular flexibility index (Phi) is 3.65. The van der Waals surface area contributed by atoms with Crippen LogP contribution in [-0.4, -0.2) is 38.3 Å². The van der Waals surface area contributed by atoms with E-state index in [-0.39, 0.29) is 29.8 Å². The van der Waals surface area contributed by atoms with Crippen LogP contribution in [0.5, 0.6) is 0 Å². The van der Waals surface area contributed by atoms with E-state index in [4.69, 9.17) is 0 Å². The molecule has 0 radical (unpaired) electrons. The van der Waals surface area contributed by atoms with E-state index in [9.17, 15) is 13.2 Å². The van der Waals surface area contributed by atoms with Gasteiger partial charge in [0.1, 0.15) is 0 Å². The van der Waals surface area contributed by atoms with E-state index >= 15 is 0 Å². The maximum Gasteiger partial charge on any atom is 0.165 e. The van der Waals surface area contributed by atoms with Gasteiger partial charge in [0.15, 0.2) is 15.6 Å². The molecule has 0 aromatic carbocycles. The summed E-state index contributed by atoms with van der Waals surface area (Å²) in [7, 11) is -2.97. The first-order valence-electron chi connectivity index (χ1n) is 5.49. The standard InChI is InChI=1S/C11H15NO3S2/c1-8-10(2-4-16-8)11(13)6-9-7-17(14,15)5-3-12-9/h2,4,9,12H,3,5-7H2,1H3. The number of rotatable bonds is 3. The van der Waals surface area contributed by atoms with Gasteiger partial charge in [-0.2, -0.15) is 0 Å². The van der Waals surface area contributed by atoms with Crippen molar-refractivity contribution in [3.63, 3.8) is 0 Å². The Morgan fingerprint density at radius 1 is 1.59 bits per heavy atom. The predicted molar refractivity (Wildman–Crippen MR) is 68.4 cm³/mol. The van der Waals surface area contributed by atoms with Crippen molar-refractivity contribution < 1.29 is 13.2 Å². The highest BCUT2D eigenvalue weighted by Crippen LogP contribution is 2.18. The van der Waals surface area contributed by atoms with Crippen LogP contribution in [0.15, 0.2) is 11.4 Å². The Bertz CT molecular complexity index is 519. The molecule has 2 heterocycles. The molecule has 0 amide bonds. The summed E-state index contributed by atoms with van der Waals surface area (Å²) in [4.78, 5) is 13.0. The molecule has 0 aliphatic carbocycles. The van der Waals surface area contributed by atoms with Crippen LogP contribution in [0.1, 0.15) is 21.7 Å². The zero-order chi connectivity index (χ0) is 12.5. The fourth-order valence-corrected chi connectivity index (χ4v) is 4.17. The van der Waals surface area contributed by atoms with Crippen molar-refractivity contribution in [2.45, 2.75) is 19.4 Å². The van der Waals surface area contributed by atoms with Gasteiger partial charge >= 0.3 is 0 Å². The van der Waals surface area contributed by atoms with Gasteiger partial charge in [0.05, 0.1) is 11.5 Å². The molecule has 1 saturated heterocycles. The number of carbonyl (C=O) groups excluding carboxylic acids is 1. The van der Waals surface area contributed by atoms with Gasteiger partial charge < -0.3 is 5.32 Å². The third kappa shape index (κ3) is 3.14. The van der Waals surface area contributed by atoms with E-state index in [0.29, 0.717) is 6.54 Å². The van der Waals surface area contributed by atoms with Crippen LogP contribution >= 0.6 is 11.3 Å². The largest absolute Gasteiger partial charge is 0.312 e. The van der Waals surface area contributed by atoms with E-state index in [1.54, 1.807) is 6.07 Å². The van der Waals surface area contributed by atoms with Gasteiger partial charge in [-0.25, -0.2) is 8.42 Å². The van der Waals surface area contributed by atoms with Crippen LogP contribution in [0.4, 0.5) is 0 Å². The summed E-state index contributed by atoms with van der Waals surface area (Å²) in [5.74, 6) is 0.273. The predicted octanol–water partition coefficient (Wildman–Crippen LogP) is 1.02. The molecule has 0 saturated carbocycles. The molecule has 6 heteroatoms. The SMILES string of the molecule is Cc1sccc1C(=O)CC1CS(=O)(=O)CCN1. The first kappa shape index (κ1) is 12.7. The topological polar surface area (TPSA) is 63.2 Å². The van der Waals surface area contributed by atoms with Crippen LogP contribution in [0.25, 0.3) is 0 Å². The minimum absolute atomic E-state index is 0.0263. The molecule has 0 spiro atoms. The Labute approximate surface area is 105 Å². The summed E-state index contributed by atoms with van der Waals surface area (Å²) in [6, 6.07) is 1.57. The minimum Gasteiger partial charge on any atom is -0.312 e. The van der Waals surface area contributed by atoms with Crippen molar-refractivity contribution >= 4 is 27.0 Å². The van der Waals surface area contributed by atoms with E-state index in [1.807, 2.05) is 12.3 Å². The molecular formula is C11H15NO3S2. The summed E-state index contributed by atoms with van der Waals surface area (Å²) in [6.07, 6.45) is 0.261. The summed E-state index contributed by atoms with van der Waals surface area (Å²) in [5.41, 5.74) is 0.722. The fourth-order valence-electron chi connectivity index (χ4n) is 2.01. The average molecular weight is 273 g/mol. The first-order valence-corrected chi connectivity index (χ1v) is 8.19. The zero-order valence-electron chi connectivity index (χ0n) is 9.60. The van der Waals surface area contributed by atoms with Gasteiger partial charge in [0.25, 0.3) is 0 Å². The summed E-state index contributed by atoms with van der Waals surface area (Å²) < 4.78 is 22.9. The molecule has 1 aliphatic heterocycles. The average Bonchev–Trinajstić information content (AvgIpc) is 2.62. The molecule has 1 aromatic heterocycles. The lowest BCUT2D eigenvalue weighted by atomic mass is 10.1. The van der Waals surface area contributed by atoms with E-state index in [0.717, 1.165) is 10.4 Å². The Hall–Kier alpha value is -0.720. The lowest BCUT2D eigenvalue weighted by Gasteiger charge is -2.22. The lowest BCUT2D eigenvalue weighted by molar-refractivity contribution is 0.0971. The smallest absolute Gasteiger partial charge is 0.165 e. The van der Waals surface area contributed by atoms with Gasteiger partial charge in [-0.1, -0.05) is 0 Å². The molecule has 1 unspecified atom stereocenters. The quantitative estimate of drug-likeness (QED) is 0.835. The molecule has 17 heavy (non-hydrogen) atoms. The number of hydrogen-bond donors (Lipinski definition) is 1. The molecule has 94 valence electrons. The number of hydrogen-bond acceptors (Lipinski definition) is 5. The fraction of sp³-hybridized carbons (Fsp3) is 0.545. The summed E-state index contributed by atoms with van der Waals surface area (Å²) in [6.45, 7) is 2.35. The number of carbonyl (C=O) groups is 1. The van der Waals surface area contributed by atoms with Gasteiger partial charge in [0.2, 0.25) is 0 Å². The Morgan fingerprint density at radius 3 is 2.94 bits per heavy atom. The molecule has 1 aromatic rings. The van der Waals surface area contributed by atoms with Crippen LogP contribution in [0, 0.1) is 6.92 Å². The molecule has 1 atom stereocenters. The minimum atomic E-state index is -2.97. The van der Waals surface area contributed by atoms with Crippen molar-refractivity contribution in [3.8, 4) is 0 Å². The third-order valence-electron chi connectivity index (χ3n) is 2.89. The highest BCUT2D eigenvalue weighted by molar-refractivity contribution is 7.91. The maximum atomic E-state index is 12.0. The van der Waals surface area contributed by atoms with Gasteiger partial charge in [-0.05, 0) is 18.4 Å². The molecule has 1 fully saturated rings.